The molecule has 148 valence electrons. The minimum absolute atomic E-state index is 0.0456. The molecular weight excluding hydrogens is 378 g/mol. The Kier molecular flexibility index (Phi) is 3.51. The smallest absolute Gasteiger partial charge is 0.280 e. The summed E-state index contributed by atoms with van der Waals surface area (Å²) in [5.74, 6) is -0.00770. The second-order valence-corrected chi connectivity index (χ2v) is 8.07. The van der Waals surface area contributed by atoms with Crippen molar-refractivity contribution in [1.29, 1.82) is 0 Å². The van der Waals surface area contributed by atoms with Gasteiger partial charge in [-0.05, 0) is 31.7 Å². The first kappa shape index (κ1) is 16.9. The van der Waals surface area contributed by atoms with Crippen LogP contribution in [0.3, 0.4) is 0 Å². The molecule has 1 amide bonds. The lowest BCUT2D eigenvalue weighted by atomic mass is 9.99. The number of rotatable bonds is 3. The summed E-state index contributed by atoms with van der Waals surface area (Å²) in [7, 11) is 0. The second kappa shape index (κ2) is 6.01. The molecular formula is C20H18F2N6O. The van der Waals surface area contributed by atoms with Crippen molar-refractivity contribution in [1.82, 2.24) is 29.5 Å². The van der Waals surface area contributed by atoms with E-state index in [1.807, 2.05) is 4.90 Å². The second-order valence-electron chi connectivity index (χ2n) is 8.07. The maximum Gasteiger partial charge on any atom is 0.280 e. The topological polar surface area (TPSA) is 76.3 Å². The third kappa shape index (κ3) is 2.56. The predicted octanol–water partition coefficient (Wildman–Crippen LogP) is 3.24. The van der Waals surface area contributed by atoms with Crippen LogP contribution < -0.4 is 0 Å². The number of halogens is 2. The van der Waals surface area contributed by atoms with Crippen molar-refractivity contribution in [3.05, 3.63) is 53.0 Å². The lowest BCUT2D eigenvalue weighted by Crippen LogP contribution is -2.42. The van der Waals surface area contributed by atoms with Gasteiger partial charge in [-0.1, -0.05) is 0 Å². The van der Waals surface area contributed by atoms with Crippen molar-refractivity contribution in [2.45, 2.75) is 56.5 Å². The summed E-state index contributed by atoms with van der Waals surface area (Å²) < 4.78 is 28.4. The van der Waals surface area contributed by atoms with E-state index in [1.165, 1.54) is 18.5 Å². The third-order valence-corrected chi connectivity index (χ3v) is 6.26. The van der Waals surface area contributed by atoms with E-state index in [2.05, 4.69) is 20.1 Å². The Morgan fingerprint density at radius 3 is 2.83 bits per heavy atom. The van der Waals surface area contributed by atoms with Crippen LogP contribution in [-0.4, -0.2) is 41.4 Å². The molecule has 0 spiro atoms. The fraction of sp³-hybridized carbons (Fsp3) is 0.450. The van der Waals surface area contributed by atoms with E-state index in [0.29, 0.717) is 17.8 Å². The molecule has 2 fully saturated rings. The highest BCUT2D eigenvalue weighted by Crippen LogP contribution is 2.44. The summed E-state index contributed by atoms with van der Waals surface area (Å²) in [5.41, 5.74) is 2.88. The van der Waals surface area contributed by atoms with Crippen LogP contribution in [0.1, 0.15) is 77.2 Å². The third-order valence-electron chi connectivity index (χ3n) is 6.26. The lowest BCUT2D eigenvalue weighted by molar-refractivity contribution is 0.0636. The van der Waals surface area contributed by atoms with E-state index >= 15 is 0 Å². The highest BCUT2D eigenvalue weighted by Gasteiger charge is 2.44. The Morgan fingerprint density at radius 2 is 2.03 bits per heavy atom. The van der Waals surface area contributed by atoms with Crippen molar-refractivity contribution < 1.29 is 13.6 Å². The largest absolute Gasteiger partial charge is 0.327 e. The first-order valence-electron chi connectivity index (χ1n) is 9.90. The molecule has 2 aliphatic heterocycles. The van der Waals surface area contributed by atoms with Gasteiger partial charge in [-0.3, -0.25) is 4.79 Å². The number of carbonyl (C=O) groups is 1. The number of hydrogen-bond donors (Lipinski definition) is 0. The van der Waals surface area contributed by atoms with Gasteiger partial charge in [-0.25, -0.2) is 28.2 Å². The summed E-state index contributed by atoms with van der Waals surface area (Å²) in [4.78, 5) is 28.2. The SMILES string of the molecule is O=C(c1cc2nc(C3CC3)cc(C(F)F)n2n1)N1C2CCC1c1cncnc1C2. The fourth-order valence-corrected chi connectivity index (χ4v) is 4.73. The molecule has 2 bridgehead atoms. The number of carbonyl (C=O) groups excluding carboxylic acids is 1. The standard InChI is InChI=1S/C20H18F2N6O/c21-19(22)17-6-13(10-1-2-10)25-18-7-15(26-28(17)18)20(29)27-11-3-4-16(27)12-8-23-9-24-14(12)5-11/h6-11,16,19H,1-5H2. The monoisotopic (exact) mass is 396 g/mol. The molecule has 1 saturated heterocycles. The van der Waals surface area contributed by atoms with E-state index in [4.69, 9.17) is 0 Å². The van der Waals surface area contributed by atoms with Gasteiger partial charge in [0.15, 0.2) is 11.3 Å². The number of nitrogens with zero attached hydrogens (tertiary/aromatic N) is 6. The number of hydrogen-bond acceptors (Lipinski definition) is 5. The van der Waals surface area contributed by atoms with Crippen LogP contribution in [0.5, 0.6) is 0 Å². The zero-order valence-corrected chi connectivity index (χ0v) is 15.5. The summed E-state index contributed by atoms with van der Waals surface area (Å²) in [6.07, 6.45) is 4.96. The van der Waals surface area contributed by atoms with Crippen LogP contribution in [0, 0.1) is 0 Å². The highest BCUT2D eigenvalue weighted by molar-refractivity contribution is 5.94. The lowest BCUT2D eigenvalue weighted by Gasteiger charge is -2.34. The molecule has 2 unspecified atom stereocenters. The zero-order chi connectivity index (χ0) is 19.7. The summed E-state index contributed by atoms with van der Waals surface area (Å²) in [5, 5.41) is 4.23. The molecule has 3 aromatic heterocycles. The van der Waals surface area contributed by atoms with Gasteiger partial charge in [-0.2, -0.15) is 5.10 Å². The number of amides is 1. The molecule has 6 rings (SSSR count). The van der Waals surface area contributed by atoms with Gasteiger partial charge in [0.1, 0.15) is 12.0 Å². The molecule has 7 nitrogen and oxygen atoms in total. The van der Waals surface area contributed by atoms with Crippen LogP contribution >= 0.6 is 0 Å². The highest BCUT2D eigenvalue weighted by atomic mass is 19.3. The van der Waals surface area contributed by atoms with Crippen molar-refractivity contribution in [2.24, 2.45) is 0 Å². The Balaban J connectivity index is 1.41. The van der Waals surface area contributed by atoms with E-state index in [-0.39, 0.29) is 35.3 Å². The maximum atomic E-state index is 13.6. The van der Waals surface area contributed by atoms with Crippen LogP contribution in [0.25, 0.3) is 5.65 Å². The number of fused-ring (bicyclic) bond motifs is 5. The summed E-state index contributed by atoms with van der Waals surface area (Å²) in [6.45, 7) is 0. The molecule has 3 aromatic rings. The molecule has 1 aliphatic carbocycles. The van der Waals surface area contributed by atoms with Gasteiger partial charge in [-0.15, -0.1) is 0 Å². The molecule has 3 aliphatic rings. The molecule has 0 N–H and O–H groups in total. The summed E-state index contributed by atoms with van der Waals surface area (Å²) in [6, 6.07) is 2.92. The minimum Gasteiger partial charge on any atom is -0.327 e. The molecule has 29 heavy (non-hydrogen) atoms. The molecule has 9 heteroatoms. The van der Waals surface area contributed by atoms with Gasteiger partial charge in [0.2, 0.25) is 0 Å². The molecule has 2 atom stereocenters. The number of aromatic nitrogens is 5. The van der Waals surface area contributed by atoms with E-state index in [1.54, 1.807) is 6.20 Å². The average Bonchev–Trinajstić information content (AvgIpc) is 3.41. The first-order chi connectivity index (χ1) is 14.1. The van der Waals surface area contributed by atoms with Crippen molar-refractivity contribution >= 4 is 11.6 Å². The van der Waals surface area contributed by atoms with Gasteiger partial charge < -0.3 is 4.90 Å². The fourth-order valence-electron chi connectivity index (χ4n) is 4.73. The van der Waals surface area contributed by atoms with E-state index < -0.39 is 6.43 Å². The van der Waals surface area contributed by atoms with Gasteiger partial charge in [0.05, 0.1) is 11.7 Å². The Morgan fingerprint density at radius 1 is 1.17 bits per heavy atom. The molecule has 0 radical (unpaired) electrons. The number of alkyl halides is 2. The quantitative estimate of drug-likeness (QED) is 0.679. The minimum atomic E-state index is -2.68. The molecule has 5 heterocycles. The van der Waals surface area contributed by atoms with Crippen LogP contribution in [0.2, 0.25) is 0 Å². The first-order valence-corrected chi connectivity index (χ1v) is 9.90. The Hall–Kier alpha value is -2.97. The van der Waals surface area contributed by atoms with Crippen molar-refractivity contribution in [2.75, 3.05) is 0 Å². The van der Waals surface area contributed by atoms with Gasteiger partial charge in [0, 0.05) is 41.9 Å². The zero-order valence-electron chi connectivity index (χ0n) is 15.5. The Labute approximate surface area is 164 Å². The Bertz CT molecular complexity index is 1140. The van der Waals surface area contributed by atoms with Gasteiger partial charge in [0.25, 0.3) is 12.3 Å². The molecule has 1 saturated carbocycles. The van der Waals surface area contributed by atoms with Gasteiger partial charge >= 0.3 is 0 Å². The van der Waals surface area contributed by atoms with Crippen LogP contribution in [0.15, 0.2) is 24.7 Å². The van der Waals surface area contributed by atoms with E-state index in [0.717, 1.165) is 41.5 Å². The van der Waals surface area contributed by atoms with Crippen LogP contribution in [-0.2, 0) is 6.42 Å². The molecule has 0 aromatic carbocycles. The van der Waals surface area contributed by atoms with Crippen molar-refractivity contribution in [3.63, 3.8) is 0 Å². The summed E-state index contributed by atoms with van der Waals surface area (Å²) >= 11 is 0. The van der Waals surface area contributed by atoms with Crippen molar-refractivity contribution in [3.8, 4) is 0 Å². The predicted molar refractivity (Wildman–Crippen MR) is 97.6 cm³/mol. The normalized spacial score (nSPS) is 23.1. The van der Waals surface area contributed by atoms with Crippen LogP contribution in [0.4, 0.5) is 8.78 Å². The van der Waals surface area contributed by atoms with E-state index in [9.17, 15) is 13.6 Å². The average molecular weight is 396 g/mol. The maximum absolute atomic E-state index is 13.6.